The number of alkyl halides is 3. The van der Waals surface area contributed by atoms with Crippen LogP contribution in [0, 0.1) is 5.82 Å². The Morgan fingerprint density at radius 2 is 1.88 bits per heavy atom. The predicted octanol–water partition coefficient (Wildman–Crippen LogP) is 3.82. The van der Waals surface area contributed by atoms with Gasteiger partial charge in [-0.05, 0) is 44.8 Å². The highest BCUT2D eigenvalue weighted by atomic mass is 19.4. The lowest BCUT2D eigenvalue weighted by atomic mass is 10.0. The molecule has 0 aliphatic carbocycles. The van der Waals surface area contributed by atoms with Gasteiger partial charge in [-0.3, -0.25) is 9.59 Å². The molecular formula is C28H30F4N6O3. The van der Waals surface area contributed by atoms with Crippen molar-refractivity contribution >= 4 is 23.1 Å². The number of nitrogens with one attached hydrogen (secondary N) is 2. The van der Waals surface area contributed by atoms with Gasteiger partial charge in [0.25, 0.3) is 5.91 Å². The fourth-order valence-corrected chi connectivity index (χ4v) is 5.14. The lowest BCUT2D eigenvalue weighted by Crippen LogP contribution is -2.36. The number of carbonyl (C=O) groups is 1. The molecule has 0 radical (unpaired) electrons. The van der Waals surface area contributed by atoms with Crippen LogP contribution in [0.4, 0.5) is 34.8 Å². The van der Waals surface area contributed by atoms with Gasteiger partial charge in [0.1, 0.15) is 11.6 Å². The lowest BCUT2D eigenvalue weighted by molar-refractivity contribution is -0.138. The summed E-state index contributed by atoms with van der Waals surface area (Å²) in [6.07, 6.45) is -1.89. The van der Waals surface area contributed by atoms with E-state index >= 15 is 4.39 Å². The van der Waals surface area contributed by atoms with Crippen LogP contribution in [-0.2, 0) is 10.9 Å². The van der Waals surface area contributed by atoms with E-state index in [4.69, 9.17) is 4.74 Å². The highest BCUT2D eigenvalue weighted by molar-refractivity contribution is 6.07. The molecule has 13 heteroatoms. The number of hydrogen-bond acceptors (Lipinski definition) is 7. The van der Waals surface area contributed by atoms with Crippen LogP contribution in [0.2, 0.25) is 0 Å². The van der Waals surface area contributed by atoms with Crippen LogP contribution in [0.15, 0.2) is 47.5 Å². The highest BCUT2D eigenvalue weighted by Gasteiger charge is 2.36. The molecule has 2 aliphatic rings. The second-order valence-corrected chi connectivity index (χ2v) is 10.3. The zero-order valence-corrected chi connectivity index (χ0v) is 22.6. The van der Waals surface area contributed by atoms with Gasteiger partial charge in [-0.15, -0.1) is 0 Å². The smallest absolute Gasteiger partial charge is 0.378 e. The number of amides is 1. The molecule has 0 spiro atoms. The van der Waals surface area contributed by atoms with Gasteiger partial charge >= 0.3 is 6.18 Å². The van der Waals surface area contributed by atoms with E-state index in [-0.39, 0.29) is 17.3 Å². The highest BCUT2D eigenvalue weighted by Crippen LogP contribution is 2.37. The van der Waals surface area contributed by atoms with Crippen molar-refractivity contribution in [2.45, 2.75) is 18.6 Å². The van der Waals surface area contributed by atoms with Gasteiger partial charge in [0.15, 0.2) is 0 Å². The Kier molecular flexibility index (Phi) is 8.00. The number of aromatic amines is 1. The van der Waals surface area contributed by atoms with Crippen molar-refractivity contribution < 1.29 is 27.1 Å². The number of ether oxygens (including phenoxy) is 1. The van der Waals surface area contributed by atoms with E-state index in [0.717, 1.165) is 12.6 Å². The van der Waals surface area contributed by atoms with Crippen LogP contribution in [-0.4, -0.2) is 80.3 Å². The van der Waals surface area contributed by atoms with Gasteiger partial charge in [-0.1, -0.05) is 0 Å². The number of likely N-dealkylation sites (N-methyl/N-ethyl adjacent to an activating group) is 1. The van der Waals surface area contributed by atoms with Crippen molar-refractivity contribution in [3.8, 4) is 11.1 Å². The number of nitrogens with zero attached hydrogens (tertiary/aromatic N) is 4. The van der Waals surface area contributed by atoms with Crippen LogP contribution >= 0.6 is 0 Å². The largest absolute Gasteiger partial charge is 0.417 e. The molecule has 4 heterocycles. The van der Waals surface area contributed by atoms with Crippen molar-refractivity contribution in [2.75, 3.05) is 68.6 Å². The molecular weight excluding hydrogens is 544 g/mol. The maximum Gasteiger partial charge on any atom is 0.417 e. The van der Waals surface area contributed by atoms with Crippen molar-refractivity contribution in [2.24, 2.45) is 0 Å². The van der Waals surface area contributed by atoms with E-state index in [2.05, 4.69) is 20.2 Å². The number of hydrogen-bond donors (Lipinski definition) is 2. The summed E-state index contributed by atoms with van der Waals surface area (Å²) in [6, 6.07) is 6.70. The molecule has 0 bridgehead atoms. The predicted molar refractivity (Wildman–Crippen MR) is 147 cm³/mol. The van der Waals surface area contributed by atoms with E-state index in [0.29, 0.717) is 62.5 Å². The van der Waals surface area contributed by atoms with Crippen molar-refractivity contribution in [3.63, 3.8) is 0 Å². The Bertz CT molecular complexity index is 1470. The third-order valence-corrected chi connectivity index (χ3v) is 7.44. The second kappa shape index (κ2) is 11.5. The summed E-state index contributed by atoms with van der Waals surface area (Å²) in [5.41, 5.74) is -2.04. The fourth-order valence-electron chi connectivity index (χ4n) is 5.14. The molecule has 1 aromatic carbocycles. The molecule has 2 N–H and O–H groups in total. The van der Waals surface area contributed by atoms with E-state index in [1.807, 2.05) is 23.9 Å². The van der Waals surface area contributed by atoms with Crippen molar-refractivity contribution in [1.29, 1.82) is 0 Å². The quantitative estimate of drug-likeness (QED) is 0.433. The number of H-pyrrole nitrogens is 1. The molecule has 218 valence electrons. The number of anilines is 3. The van der Waals surface area contributed by atoms with Crippen molar-refractivity contribution in [3.05, 3.63) is 70.0 Å². The number of aromatic nitrogens is 2. The molecule has 0 unspecified atom stereocenters. The molecule has 0 saturated carbocycles. The average Bonchev–Trinajstić information content (AvgIpc) is 3.44. The first-order valence-corrected chi connectivity index (χ1v) is 13.2. The Morgan fingerprint density at radius 1 is 1.12 bits per heavy atom. The summed E-state index contributed by atoms with van der Waals surface area (Å²) in [5.74, 6) is -0.934. The molecule has 1 amide bonds. The number of morpholine rings is 1. The first-order chi connectivity index (χ1) is 19.5. The first kappa shape index (κ1) is 28.6. The lowest BCUT2D eigenvalue weighted by Gasteiger charge is -2.28. The van der Waals surface area contributed by atoms with Gasteiger partial charge in [0.2, 0.25) is 5.56 Å². The summed E-state index contributed by atoms with van der Waals surface area (Å²) >= 11 is 0. The van der Waals surface area contributed by atoms with Crippen molar-refractivity contribution in [1.82, 2.24) is 14.9 Å². The molecule has 1 atom stereocenters. The molecule has 2 aliphatic heterocycles. The summed E-state index contributed by atoms with van der Waals surface area (Å²) < 4.78 is 62.0. The Morgan fingerprint density at radius 3 is 2.51 bits per heavy atom. The molecule has 3 aromatic rings. The fraction of sp³-hybridized carbons (Fsp3) is 0.393. The zero-order valence-electron chi connectivity index (χ0n) is 22.6. The maximum absolute atomic E-state index is 15.6. The van der Waals surface area contributed by atoms with Gasteiger partial charge < -0.3 is 29.7 Å². The Labute approximate surface area is 233 Å². The third-order valence-electron chi connectivity index (χ3n) is 7.44. The molecule has 2 saturated heterocycles. The minimum atomic E-state index is -4.93. The molecule has 2 aromatic heterocycles. The van der Waals surface area contributed by atoms with Crippen LogP contribution in [0.25, 0.3) is 11.1 Å². The minimum Gasteiger partial charge on any atom is -0.378 e. The number of halogens is 4. The number of rotatable bonds is 6. The monoisotopic (exact) mass is 574 g/mol. The average molecular weight is 575 g/mol. The van der Waals surface area contributed by atoms with E-state index in [1.165, 1.54) is 18.3 Å². The second-order valence-electron chi connectivity index (χ2n) is 10.3. The van der Waals surface area contributed by atoms with E-state index < -0.39 is 34.6 Å². The standard InChI is InChI=1S/C28H30F4N6O3/c1-36(2)18-5-6-38(16-18)24-13-22(29)19(17-3-4-25(33-14-17)37-7-9-41-10-8-37)11-23(24)35-27(40)20-15-34-26(39)12-21(20)28(30,31)32/h3-4,11-15,18H,5-10,16H2,1-2H3,(H,34,39)(H,35,40)/t18-/m1/s1. The first-order valence-electron chi connectivity index (χ1n) is 13.2. The Balaban J connectivity index is 1.52. The van der Waals surface area contributed by atoms with Gasteiger partial charge in [0, 0.05) is 61.8 Å². The summed E-state index contributed by atoms with van der Waals surface area (Å²) in [7, 11) is 3.87. The molecule has 9 nitrogen and oxygen atoms in total. The summed E-state index contributed by atoms with van der Waals surface area (Å²) in [5, 5.41) is 2.55. The SMILES string of the molecule is CN(C)[C@@H]1CCN(c2cc(F)c(-c3ccc(N4CCOCC4)nc3)cc2NC(=O)c2c[nH]c(=O)cc2C(F)(F)F)C1. The van der Waals surface area contributed by atoms with Crippen LogP contribution in [0.5, 0.6) is 0 Å². The number of benzene rings is 1. The molecule has 41 heavy (non-hydrogen) atoms. The number of carbonyl (C=O) groups excluding carboxylic acids is 1. The van der Waals surface area contributed by atoms with Crippen LogP contribution < -0.4 is 20.7 Å². The summed E-state index contributed by atoms with van der Waals surface area (Å²) in [4.78, 5) is 37.4. The van der Waals surface area contributed by atoms with Gasteiger partial charge in [-0.2, -0.15) is 13.2 Å². The zero-order chi connectivity index (χ0) is 29.3. The Hall–Kier alpha value is -3.97. The van der Waals surface area contributed by atoms with Crippen LogP contribution in [0.3, 0.4) is 0 Å². The molecule has 2 fully saturated rings. The van der Waals surface area contributed by atoms with Crippen LogP contribution in [0.1, 0.15) is 22.3 Å². The van der Waals surface area contributed by atoms with E-state index in [9.17, 15) is 22.8 Å². The topological polar surface area (TPSA) is 93.8 Å². The summed E-state index contributed by atoms with van der Waals surface area (Å²) in [6.45, 7) is 3.63. The van der Waals surface area contributed by atoms with E-state index in [1.54, 1.807) is 12.1 Å². The van der Waals surface area contributed by atoms with Gasteiger partial charge in [0.05, 0.1) is 35.7 Å². The normalized spacial score (nSPS) is 17.8. The minimum absolute atomic E-state index is 0.131. The third kappa shape index (κ3) is 6.20. The van der Waals surface area contributed by atoms with Gasteiger partial charge in [-0.25, -0.2) is 9.37 Å². The molecule has 5 rings (SSSR count). The maximum atomic E-state index is 15.6. The number of pyridine rings is 2.